The maximum Gasteiger partial charge on any atom is 0.174 e. The van der Waals surface area contributed by atoms with Gasteiger partial charge in [0.2, 0.25) is 0 Å². The fourth-order valence-electron chi connectivity index (χ4n) is 2.87. The molecule has 1 aliphatic rings. The van der Waals surface area contributed by atoms with Gasteiger partial charge in [0.05, 0.1) is 0 Å². The Hall–Kier alpha value is -2.31. The average Bonchev–Trinajstić information content (AvgIpc) is 2.95. The number of ether oxygens (including phenoxy) is 1. The topological polar surface area (TPSA) is 45.0 Å². The minimum atomic E-state index is 0.0902. The Labute approximate surface area is 125 Å². The molecule has 0 fully saturated rings. The van der Waals surface area contributed by atoms with E-state index in [0.717, 1.165) is 25.1 Å². The van der Waals surface area contributed by atoms with E-state index in [-0.39, 0.29) is 6.61 Å². The highest BCUT2D eigenvalue weighted by Crippen LogP contribution is 2.30. The van der Waals surface area contributed by atoms with Crippen LogP contribution in [0.5, 0.6) is 5.75 Å². The zero-order valence-electron chi connectivity index (χ0n) is 11.9. The van der Waals surface area contributed by atoms with Crippen LogP contribution in [0.25, 0.3) is 0 Å². The number of aryl methyl sites for hydroxylation is 1. The van der Waals surface area contributed by atoms with Gasteiger partial charge in [0.25, 0.3) is 0 Å². The van der Waals surface area contributed by atoms with Crippen LogP contribution in [-0.2, 0) is 13.0 Å². The largest absolute Gasteiger partial charge is 0.479 e. The molecule has 0 heterocycles. The summed E-state index contributed by atoms with van der Waals surface area (Å²) in [7, 11) is 0. The Bertz CT molecular complexity index is 660. The fraction of sp³-hybridized carbons (Fsp3) is 0.278. The van der Waals surface area contributed by atoms with Gasteiger partial charge in [-0.25, -0.2) is 0 Å². The van der Waals surface area contributed by atoms with E-state index in [1.54, 1.807) is 0 Å². The molecule has 1 atom stereocenters. The van der Waals surface area contributed by atoms with Crippen LogP contribution in [0.2, 0.25) is 0 Å². The normalized spacial score (nSPS) is 16.2. The Balaban J connectivity index is 1.62. The van der Waals surface area contributed by atoms with E-state index in [9.17, 15) is 0 Å². The number of hydrogen-bond donors (Lipinski definition) is 1. The van der Waals surface area contributed by atoms with E-state index in [1.807, 2.05) is 24.3 Å². The molecule has 106 valence electrons. The summed E-state index contributed by atoms with van der Waals surface area (Å²) < 4.78 is 5.33. The molecule has 3 rings (SSSR count). The van der Waals surface area contributed by atoms with Gasteiger partial charge >= 0.3 is 0 Å². The van der Waals surface area contributed by atoms with Crippen molar-refractivity contribution in [3.8, 4) is 11.8 Å². The van der Waals surface area contributed by atoms with Crippen molar-refractivity contribution >= 4 is 0 Å². The molecule has 0 radical (unpaired) electrons. The standard InChI is InChI=1S/C18H18N2O/c19-10-11-21-16-6-3-4-14(12-16)13-20-18-9-8-15-5-1-2-7-17(15)18/h1-7,12,18,20H,8-9,11,13H2. The number of fused-ring (bicyclic) bond motifs is 1. The summed E-state index contributed by atoms with van der Waals surface area (Å²) in [6.07, 6.45) is 2.31. The quantitative estimate of drug-likeness (QED) is 0.912. The van der Waals surface area contributed by atoms with Crippen molar-refractivity contribution < 1.29 is 4.74 Å². The molecule has 21 heavy (non-hydrogen) atoms. The van der Waals surface area contributed by atoms with Crippen LogP contribution >= 0.6 is 0 Å². The van der Waals surface area contributed by atoms with Crippen LogP contribution < -0.4 is 10.1 Å². The van der Waals surface area contributed by atoms with E-state index in [2.05, 4.69) is 35.6 Å². The molecule has 1 aliphatic carbocycles. The van der Waals surface area contributed by atoms with Gasteiger partial charge in [-0.15, -0.1) is 0 Å². The van der Waals surface area contributed by atoms with Crippen molar-refractivity contribution in [3.63, 3.8) is 0 Å². The molecule has 2 aromatic rings. The predicted octanol–water partition coefficient (Wildman–Crippen LogP) is 3.37. The lowest BCUT2D eigenvalue weighted by Crippen LogP contribution is -2.18. The highest BCUT2D eigenvalue weighted by Gasteiger charge is 2.20. The molecule has 3 heteroatoms. The number of rotatable bonds is 5. The molecule has 1 N–H and O–H groups in total. The molecule has 0 saturated carbocycles. The van der Waals surface area contributed by atoms with Crippen LogP contribution in [-0.4, -0.2) is 6.61 Å². The van der Waals surface area contributed by atoms with Crippen molar-refractivity contribution in [3.05, 3.63) is 65.2 Å². The molecule has 0 aromatic heterocycles. The van der Waals surface area contributed by atoms with E-state index in [1.165, 1.54) is 16.7 Å². The Morgan fingerprint density at radius 2 is 2.10 bits per heavy atom. The zero-order valence-corrected chi connectivity index (χ0v) is 11.9. The number of nitrogens with zero attached hydrogens (tertiary/aromatic N) is 1. The van der Waals surface area contributed by atoms with Crippen molar-refractivity contribution in [2.75, 3.05) is 6.61 Å². The Morgan fingerprint density at radius 3 is 3.00 bits per heavy atom. The lowest BCUT2D eigenvalue weighted by Gasteiger charge is -2.14. The predicted molar refractivity (Wildman–Crippen MR) is 81.9 cm³/mol. The summed E-state index contributed by atoms with van der Waals surface area (Å²) in [5.41, 5.74) is 4.06. The van der Waals surface area contributed by atoms with Gasteiger partial charge in [0.1, 0.15) is 11.8 Å². The van der Waals surface area contributed by atoms with Gasteiger partial charge in [0.15, 0.2) is 6.61 Å². The second kappa shape index (κ2) is 6.43. The molecule has 0 bridgehead atoms. The summed E-state index contributed by atoms with van der Waals surface area (Å²) in [6, 6.07) is 19.0. The maximum atomic E-state index is 8.55. The van der Waals surface area contributed by atoms with E-state index in [0.29, 0.717) is 6.04 Å². The van der Waals surface area contributed by atoms with Crippen LogP contribution in [0, 0.1) is 11.3 Å². The Kier molecular flexibility index (Phi) is 4.18. The smallest absolute Gasteiger partial charge is 0.174 e. The van der Waals surface area contributed by atoms with Gasteiger partial charge in [-0.2, -0.15) is 5.26 Å². The number of nitriles is 1. The number of nitrogens with one attached hydrogen (secondary N) is 1. The van der Waals surface area contributed by atoms with Gasteiger partial charge < -0.3 is 10.1 Å². The monoisotopic (exact) mass is 278 g/mol. The molecule has 1 unspecified atom stereocenters. The highest BCUT2D eigenvalue weighted by atomic mass is 16.5. The summed E-state index contributed by atoms with van der Waals surface area (Å²) in [5.74, 6) is 0.752. The van der Waals surface area contributed by atoms with Crippen LogP contribution in [0.15, 0.2) is 48.5 Å². The number of benzene rings is 2. The van der Waals surface area contributed by atoms with Crippen molar-refractivity contribution in [1.82, 2.24) is 5.32 Å². The van der Waals surface area contributed by atoms with Gasteiger partial charge in [-0.05, 0) is 41.7 Å². The minimum absolute atomic E-state index is 0.0902. The van der Waals surface area contributed by atoms with Crippen molar-refractivity contribution in [2.45, 2.75) is 25.4 Å². The first kappa shape index (κ1) is 13.7. The third kappa shape index (κ3) is 3.24. The first-order valence-corrected chi connectivity index (χ1v) is 7.26. The molecular weight excluding hydrogens is 260 g/mol. The first-order chi connectivity index (χ1) is 10.4. The summed E-state index contributed by atoms with van der Waals surface area (Å²) in [5, 5.41) is 12.2. The molecule has 0 spiro atoms. The van der Waals surface area contributed by atoms with Crippen LogP contribution in [0.1, 0.15) is 29.2 Å². The molecule has 2 aromatic carbocycles. The molecule has 0 saturated heterocycles. The van der Waals surface area contributed by atoms with Gasteiger partial charge in [0, 0.05) is 12.6 Å². The first-order valence-electron chi connectivity index (χ1n) is 7.26. The molecule has 3 nitrogen and oxygen atoms in total. The van der Waals surface area contributed by atoms with Gasteiger partial charge in [-0.1, -0.05) is 36.4 Å². The maximum absolute atomic E-state index is 8.55. The molecular formula is C18H18N2O. The van der Waals surface area contributed by atoms with Crippen LogP contribution in [0.3, 0.4) is 0 Å². The summed E-state index contributed by atoms with van der Waals surface area (Å²) in [4.78, 5) is 0. The molecule has 0 aliphatic heterocycles. The van der Waals surface area contributed by atoms with Crippen LogP contribution in [0.4, 0.5) is 0 Å². The van der Waals surface area contributed by atoms with Crippen molar-refractivity contribution in [2.24, 2.45) is 0 Å². The lowest BCUT2D eigenvalue weighted by atomic mass is 10.1. The summed E-state index contributed by atoms with van der Waals surface area (Å²) in [6.45, 7) is 0.898. The van der Waals surface area contributed by atoms with E-state index < -0.39 is 0 Å². The molecule has 0 amide bonds. The minimum Gasteiger partial charge on any atom is -0.479 e. The average molecular weight is 278 g/mol. The fourth-order valence-corrected chi connectivity index (χ4v) is 2.87. The van der Waals surface area contributed by atoms with Gasteiger partial charge in [-0.3, -0.25) is 0 Å². The SMILES string of the molecule is N#CCOc1cccc(CNC2CCc3ccccc32)c1. The van der Waals surface area contributed by atoms with Crippen molar-refractivity contribution in [1.29, 1.82) is 5.26 Å². The summed E-state index contributed by atoms with van der Waals surface area (Å²) >= 11 is 0. The van der Waals surface area contributed by atoms with E-state index >= 15 is 0 Å². The second-order valence-electron chi connectivity index (χ2n) is 5.27. The lowest BCUT2D eigenvalue weighted by molar-refractivity contribution is 0.367. The Morgan fingerprint density at radius 1 is 1.19 bits per heavy atom. The van der Waals surface area contributed by atoms with E-state index in [4.69, 9.17) is 10.00 Å². The second-order valence-corrected chi connectivity index (χ2v) is 5.27. The highest BCUT2D eigenvalue weighted by molar-refractivity contribution is 5.35. The third-order valence-electron chi connectivity index (χ3n) is 3.89. The number of hydrogen-bond acceptors (Lipinski definition) is 3. The third-order valence-corrected chi connectivity index (χ3v) is 3.89. The zero-order chi connectivity index (χ0) is 14.5.